The first-order valence-electron chi connectivity index (χ1n) is 9.27. The minimum atomic E-state index is -0.113. The standard InChI is InChI=1S/C19H24N4O2S.HI/c1-2-20-19(22-11-14-4-3-9-26-14)21-7-8-23-17(24)15-12-5-6-13(10-12)16(15)18(23)25;/h3-6,9,12-13,15-16H,2,7-8,10-11H2,1H3,(H2,20,21,22);1H. The van der Waals surface area contributed by atoms with Gasteiger partial charge in [0.2, 0.25) is 11.8 Å². The lowest BCUT2D eigenvalue weighted by Gasteiger charge is -2.18. The van der Waals surface area contributed by atoms with Gasteiger partial charge in [0.05, 0.1) is 18.4 Å². The Hall–Kier alpha value is -1.42. The van der Waals surface area contributed by atoms with Crippen molar-refractivity contribution in [2.24, 2.45) is 28.7 Å². The van der Waals surface area contributed by atoms with E-state index < -0.39 is 0 Å². The van der Waals surface area contributed by atoms with Crippen LogP contribution >= 0.6 is 35.3 Å². The lowest BCUT2D eigenvalue weighted by atomic mass is 9.85. The Bertz CT molecular complexity index is 719. The first-order chi connectivity index (χ1) is 12.7. The summed E-state index contributed by atoms with van der Waals surface area (Å²) in [7, 11) is 0. The second-order valence-corrected chi connectivity index (χ2v) is 8.06. The molecule has 2 N–H and O–H groups in total. The SMILES string of the molecule is CCNC(=NCc1cccs1)NCCN1C(=O)C2C3C=CC(C3)C2C1=O.I. The van der Waals surface area contributed by atoms with Crippen LogP contribution in [0, 0.1) is 23.7 Å². The van der Waals surface area contributed by atoms with Crippen LogP contribution in [0.15, 0.2) is 34.7 Å². The number of rotatable bonds is 6. The Morgan fingerprint density at radius 1 is 1.22 bits per heavy atom. The summed E-state index contributed by atoms with van der Waals surface area (Å²) >= 11 is 1.68. The molecular formula is C19H25IN4O2S. The molecule has 2 amide bonds. The summed E-state index contributed by atoms with van der Waals surface area (Å²) in [5.41, 5.74) is 0. The molecule has 2 heterocycles. The van der Waals surface area contributed by atoms with Crippen molar-refractivity contribution in [3.8, 4) is 0 Å². The Labute approximate surface area is 180 Å². The summed E-state index contributed by atoms with van der Waals surface area (Å²) in [5, 5.41) is 8.48. The van der Waals surface area contributed by atoms with Gasteiger partial charge in [-0.25, -0.2) is 4.99 Å². The number of hydrogen-bond donors (Lipinski definition) is 2. The molecule has 1 aromatic rings. The summed E-state index contributed by atoms with van der Waals surface area (Å²) < 4.78 is 0. The highest BCUT2D eigenvalue weighted by molar-refractivity contribution is 14.0. The van der Waals surface area contributed by atoms with Gasteiger partial charge in [0.1, 0.15) is 0 Å². The van der Waals surface area contributed by atoms with E-state index in [2.05, 4.69) is 33.8 Å². The molecule has 6 nitrogen and oxygen atoms in total. The minimum absolute atomic E-state index is 0. The molecule has 3 aliphatic rings. The molecule has 0 radical (unpaired) electrons. The highest BCUT2D eigenvalue weighted by Crippen LogP contribution is 2.52. The molecule has 1 saturated heterocycles. The topological polar surface area (TPSA) is 73.8 Å². The van der Waals surface area contributed by atoms with Gasteiger partial charge in [0.25, 0.3) is 0 Å². The first-order valence-corrected chi connectivity index (χ1v) is 10.1. The average Bonchev–Trinajstić information content (AvgIpc) is 3.40. The third kappa shape index (κ3) is 3.91. The lowest BCUT2D eigenvalue weighted by molar-refractivity contribution is -0.140. The zero-order chi connectivity index (χ0) is 18.1. The molecule has 4 rings (SSSR count). The Morgan fingerprint density at radius 3 is 2.52 bits per heavy atom. The molecule has 4 atom stereocenters. The Balaban J connectivity index is 0.00000210. The van der Waals surface area contributed by atoms with Gasteiger partial charge in [0, 0.05) is 24.5 Å². The van der Waals surface area contributed by atoms with Crippen molar-refractivity contribution in [2.45, 2.75) is 19.9 Å². The first kappa shape index (κ1) is 20.3. The fraction of sp³-hybridized carbons (Fsp3) is 0.526. The van der Waals surface area contributed by atoms with Crippen LogP contribution in [0.1, 0.15) is 18.2 Å². The average molecular weight is 500 g/mol. The van der Waals surface area contributed by atoms with E-state index in [9.17, 15) is 9.59 Å². The number of nitrogens with zero attached hydrogens (tertiary/aromatic N) is 2. The number of allylic oxidation sites excluding steroid dienone is 2. The number of hydrogen-bond acceptors (Lipinski definition) is 4. The molecule has 146 valence electrons. The number of aliphatic imine (C=N–C) groups is 1. The van der Waals surface area contributed by atoms with E-state index in [0.29, 0.717) is 25.6 Å². The molecule has 2 bridgehead atoms. The number of nitrogens with one attached hydrogen (secondary N) is 2. The van der Waals surface area contributed by atoms with Crippen LogP contribution in [0.2, 0.25) is 0 Å². The number of likely N-dealkylation sites (tertiary alicyclic amines) is 1. The molecule has 1 aromatic heterocycles. The van der Waals surface area contributed by atoms with Crippen LogP contribution in [-0.4, -0.2) is 42.3 Å². The lowest BCUT2D eigenvalue weighted by Crippen LogP contribution is -2.43. The van der Waals surface area contributed by atoms with Gasteiger partial charge in [-0.3, -0.25) is 14.5 Å². The third-order valence-electron chi connectivity index (χ3n) is 5.51. The quantitative estimate of drug-likeness (QED) is 0.207. The predicted octanol–water partition coefficient (Wildman–Crippen LogP) is 2.23. The molecule has 4 unspecified atom stereocenters. The van der Waals surface area contributed by atoms with Gasteiger partial charge in [0.15, 0.2) is 5.96 Å². The normalized spacial score (nSPS) is 28.5. The van der Waals surface area contributed by atoms with Crippen LogP contribution in [0.25, 0.3) is 0 Å². The van der Waals surface area contributed by atoms with Gasteiger partial charge in [-0.2, -0.15) is 0 Å². The Morgan fingerprint density at radius 2 is 1.93 bits per heavy atom. The van der Waals surface area contributed by atoms with Gasteiger partial charge in [-0.05, 0) is 36.6 Å². The van der Waals surface area contributed by atoms with Gasteiger partial charge >= 0.3 is 0 Å². The van der Waals surface area contributed by atoms with E-state index in [0.717, 1.165) is 13.0 Å². The van der Waals surface area contributed by atoms with E-state index in [-0.39, 0.29) is 59.5 Å². The number of fused-ring (bicyclic) bond motifs is 5. The Kier molecular flexibility index (Phi) is 6.56. The van der Waals surface area contributed by atoms with Crippen LogP contribution in [0.3, 0.4) is 0 Å². The summed E-state index contributed by atoms with van der Waals surface area (Å²) in [4.78, 5) is 32.5. The molecule has 2 aliphatic carbocycles. The van der Waals surface area contributed by atoms with E-state index in [4.69, 9.17) is 0 Å². The molecule has 1 aliphatic heterocycles. The van der Waals surface area contributed by atoms with Crippen LogP contribution < -0.4 is 10.6 Å². The second-order valence-electron chi connectivity index (χ2n) is 7.03. The van der Waals surface area contributed by atoms with Crippen molar-refractivity contribution in [2.75, 3.05) is 19.6 Å². The highest BCUT2D eigenvalue weighted by Gasteiger charge is 2.58. The van der Waals surface area contributed by atoms with Crippen molar-refractivity contribution in [1.29, 1.82) is 0 Å². The van der Waals surface area contributed by atoms with Crippen molar-refractivity contribution in [3.05, 3.63) is 34.5 Å². The maximum atomic E-state index is 12.7. The fourth-order valence-electron chi connectivity index (χ4n) is 4.37. The predicted molar refractivity (Wildman–Crippen MR) is 117 cm³/mol. The largest absolute Gasteiger partial charge is 0.357 e. The van der Waals surface area contributed by atoms with Gasteiger partial charge < -0.3 is 10.6 Å². The molecule has 1 saturated carbocycles. The van der Waals surface area contributed by atoms with Crippen molar-refractivity contribution in [3.63, 3.8) is 0 Å². The van der Waals surface area contributed by atoms with E-state index in [1.165, 1.54) is 9.78 Å². The number of halogens is 1. The summed E-state index contributed by atoms with van der Waals surface area (Å²) in [5.74, 6) is 1.05. The zero-order valence-corrected chi connectivity index (χ0v) is 18.4. The molecule has 2 fully saturated rings. The van der Waals surface area contributed by atoms with Crippen LogP contribution in [-0.2, 0) is 16.1 Å². The molecule has 8 heteroatoms. The number of amides is 2. The van der Waals surface area contributed by atoms with E-state index in [1.54, 1.807) is 11.3 Å². The summed E-state index contributed by atoms with van der Waals surface area (Å²) in [6.07, 6.45) is 5.22. The smallest absolute Gasteiger partial charge is 0.233 e. The molecule has 0 aromatic carbocycles. The van der Waals surface area contributed by atoms with E-state index >= 15 is 0 Å². The summed E-state index contributed by atoms with van der Waals surface area (Å²) in [6.45, 7) is 4.30. The third-order valence-corrected chi connectivity index (χ3v) is 6.37. The molecule has 0 spiro atoms. The highest BCUT2D eigenvalue weighted by atomic mass is 127. The number of thiophene rings is 1. The van der Waals surface area contributed by atoms with E-state index in [1.807, 2.05) is 18.4 Å². The number of carbonyl (C=O) groups is 2. The van der Waals surface area contributed by atoms with Gasteiger partial charge in [-0.15, -0.1) is 35.3 Å². The maximum Gasteiger partial charge on any atom is 0.233 e. The minimum Gasteiger partial charge on any atom is -0.357 e. The monoisotopic (exact) mass is 500 g/mol. The van der Waals surface area contributed by atoms with Crippen molar-refractivity contribution >= 4 is 53.1 Å². The number of carbonyl (C=O) groups excluding carboxylic acids is 2. The van der Waals surface area contributed by atoms with Gasteiger partial charge in [-0.1, -0.05) is 18.2 Å². The fourth-order valence-corrected chi connectivity index (χ4v) is 5.00. The zero-order valence-electron chi connectivity index (χ0n) is 15.3. The van der Waals surface area contributed by atoms with Crippen molar-refractivity contribution in [1.82, 2.24) is 15.5 Å². The van der Waals surface area contributed by atoms with Crippen molar-refractivity contribution < 1.29 is 9.59 Å². The maximum absolute atomic E-state index is 12.7. The summed E-state index contributed by atoms with van der Waals surface area (Å²) in [6, 6.07) is 4.07. The number of guanidine groups is 1. The number of imide groups is 1. The van der Waals surface area contributed by atoms with Crippen LogP contribution in [0.5, 0.6) is 0 Å². The molecule has 27 heavy (non-hydrogen) atoms. The molecular weight excluding hydrogens is 475 g/mol. The van der Waals surface area contributed by atoms with Crippen LogP contribution in [0.4, 0.5) is 0 Å². The second kappa shape index (κ2) is 8.72.